The lowest BCUT2D eigenvalue weighted by atomic mass is 10.2. The summed E-state index contributed by atoms with van der Waals surface area (Å²) in [7, 11) is 2.09. The Kier molecular flexibility index (Phi) is 5.46. The average Bonchev–Trinajstić information content (AvgIpc) is 3.22. The predicted molar refractivity (Wildman–Crippen MR) is 84.2 cm³/mol. The SMILES string of the molecule is CN(CCNC(=O)C=Cc1c(Cl)cccc1Cl)C1CC1. The van der Waals surface area contributed by atoms with E-state index in [0.29, 0.717) is 28.2 Å². The number of hydrogen-bond acceptors (Lipinski definition) is 2. The summed E-state index contributed by atoms with van der Waals surface area (Å²) in [6.45, 7) is 1.52. The van der Waals surface area contributed by atoms with Gasteiger partial charge in [0.15, 0.2) is 0 Å². The fourth-order valence-electron chi connectivity index (χ4n) is 1.94. The highest BCUT2D eigenvalue weighted by Crippen LogP contribution is 2.25. The molecule has 0 saturated heterocycles. The molecule has 1 fully saturated rings. The smallest absolute Gasteiger partial charge is 0.244 e. The van der Waals surface area contributed by atoms with Gasteiger partial charge in [0.1, 0.15) is 0 Å². The molecule has 0 spiro atoms. The van der Waals surface area contributed by atoms with E-state index in [2.05, 4.69) is 17.3 Å². The molecular formula is C15H18Cl2N2O. The molecule has 20 heavy (non-hydrogen) atoms. The number of rotatable bonds is 6. The molecule has 1 N–H and O–H groups in total. The van der Waals surface area contributed by atoms with E-state index < -0.39 is 0 Å². The van der Waals surface area contributed by atoms with Crippen LogP contribution in [0.1, 0.15) is 18.4 Å². The molecule has 0 aliphatic heterocycles. The maximum atomic E-state index is 11.7. The molecule has 0 unspecified atom stereocenters. The van der Waals surface area contributed by atoms with Crippen LogP contribution in [0, 0.1) is 0 Å². The number of nitrogens with zero attached hydrogens (tertiary/aromatic N) is 1. The van der Waals surface area contributed by atoms with Crippen LogP contribution in [0.2, 0.25) is 10.0 Å². The maximum Gasteiger partial charge on any atom is 0.244 e. The largest absolute Gasteiger partial charge is 0.351 e. The van der Waals surface area contributed by atoms with Crippen LogP contribution in [0.4, 0.5) is 0 Å². The second kappa shape index (κ2) is 7.11. The standard InChI is InChI=1S/C15H18Cl2N2O/c1-19(11-5-6-11)10-9-18-15(20)8-7-12-13(16)3-2-4-14(12)17/h2-4,7-8,11H,5-6,9-10H2,1H3,(H,18,20). The number of halogens is 2. The van der Waals surface area contributed by atoms with E-state index in [4.69, 9.17) is 23.2 Å². The summed E-state index contributed by atoms with van der Waals surface area (Å²) >= 11 is 12.1. The van der Waals surface area contributed by atoms with Gasteiger partial charge in [0.25, 0.3) is 0 Å². The van der Waals surface area contributed by atoms with Crippen molar-refractivity contribution in [2.45, 2.75) is 18.9 Å². The molecule has 1 aliphatic rings. The number of nitrogens with one attached hydrogen (secondary N) is 1. The Bertz CT molecular complexity index is 492. The van der Waals surface area contributed by atoms with Gasteiger partial charge in [0.2, 0.25) is 5.91 Å². The van der Waals surface area contributed by atoms with Crippen molar-refractivity contribution in [1.29, 1.82) is 0 Å². The number of carbonyl (C=O) groups is 1. The van der Waals surface area contributed by atoms with E-state index in [9.17, 15) is 4.79 Å². The Hall–Kier alpha value is -1.03. The normalized spacial score (nSPS) is 15.0. The molecule has 0 radical (unpaired) electrons. The van der Waals surface area contributed by atoms with Crippen molar-refractivity contribution in [2.75, 3.05) is 20.1 Å². The van der Waals surface area contributed by atoms with Crippen LogP contribution in [0.25, 0.3) is 6.08 Å². The summed E-state index contributed by atoms with van der Waals surface area (Å²) in [5.41, 5.74) is 0.668. The third-order valence-electron chi connectivity index (χ3n) is 3.34. The fraction of sp³-hybridized carbons (Fsp3) is 0.400. The number of carbonyl (C=O) groups excluding carboxylic acids is 1. The van der Waals surface area contributed by atoms with E-state index in [1.807, 2.05) is 0 Å². The Labute approximate surface area is 129 Å². The highest BCUT2D eigenvalue weighted by atomic mass is 35.5. The van der Waals surface area contributed by atoms with Gasteiger partial charge in [-0.15, -0.1) is 0 Å². The molecule has 1 aromatic rings. The van der Waals surface area contributed by atoms with Crippen molar-refractivity contribution in [1.82, 2.24) is 10.2 Å². The third-order valence-corrected chi connectivity index (χ3v) is 3.99. The number of hydrogen-bond donors (Lipinski definition) is 1. The first-order valence-corrected chi connectivity index (χ1v) is 7.43. The van der Waals surface area contributed by atoms with Crippen LogP contribution in [-0.2, 0) is 4.79 Å². The van der Waals surface area contributed by atoms with Crippen LogP contribution in [0.15, 0.2) is 24.3 Å². The van der Waals surface area contributed by atoms with E-state index in [0.717, 1.165) is 6.54 Å². The molecule has 1 aromatic carbocycles. The van der Waals surface area contributed by atoms with Crippen LogP contribution in [0.5, 0.6) is 0 Å². The van der Waals surface area contributed by atoms with Crippen LogP contribution < -0.4 is 5.32 Å². The Morgan fingerprint density at radius 2 is 2.05 bits per heavy atom. The minimum atomic E-state index is -0.134. The minimum absolute atomic E-state index is 0.134. The van der Waals surface area contributed by atoms with Crippen molar-refractivity contribution in [3.8, 4) is 0 Å². The summed E-state index contributed by atoms with van der Waals surface area (Å²) < 4.78 is 0. The van der Waals surface area contributed by atoms with Gasteiger partial charge < -0.3 is 10.2 Å². The van der Waals surface area contributed by atoms with Gasteiger partial charge in [0, 0.05) is 40.8 Å². The highest BCUT2D eigenvalue weighted by Gasteiger charge is 2.25. The molecule has 1 saturated carbocycles. The molecular weight excluding hydrogens is 295 g/mol. The first-order valence-electron chi connectivity index (χ1n) is 6.68. The average molecular weight is 313 g/mol. The maximum absolute atomic E-state index is 11.7. The van der Waals surface area contributed by atoms with Crippen LogP contribution >= 0.6 is 23.2 Å². The molecule has 0 atom stereocenters. The van der Waals surface area contributed by atoms with Crippen molar-refractivity contribution >= 4 is 35.2 Å². The first-order chi connectivity index (χ1) is 9.58. The summed E-state index contributed by atoms with van der Waals surface area (Å²) in [6.07, 6.45) is 5.65. The van der Waals surface area contributed by atoms with E-state index in [1.165, 1.54) is 18.9 Å². The molecule has 0 heterocycles. The van der Waals surface area contributed by atoms with Gasteiger partial charge >= 0.3 is 0 Å². The number of benzene rings is 1. The van der Waals surface area contributed by atoms with Gasteiger partial charge in [-0.05, 0) is 38.1 Å². The van der Waals surface area contributed by atoms with Crippen LogP contribution in [0.3, 0.4) is 0 Å². The number of amides is 1. The summed E-state index contributed by atoms with van der Waals surface area (Å²) in [6, 6.07) is 5.98. The molecule has 1 aliphatic carbocycles. The lowest BCUT2D eigenvalue weighted by molar-refractivity contribution is -0.116. The van der Waals surface area contributed by atoms with Gasteiger partial charge in [-0.25, -0.2) is 0 Å². The summed E-state index contributed by atoms with van der Waals surface area (Å²) in [4.78, 5) is 14.0. The molecule has 3 nitrogen and oxygen atoms in total. The predicted octanol–water partition coefficient (Wildman–Crippen LogP) is 3.22. The Balaban J connectivity index is 1.80. The van der Waals surface area contributed by atoms with Crippen molar-refractivity contribution in [3.05, 3.63) is 39.9 Å². The summed E-state index contributed by atoms with van der Waals surface area (Å²) in [5.74, 6) is -0.134. The molecule has 0 aromatic heterocycles. The van der Waals surface area contributed by atoms with E-state index in [1.54, 1.807) is 24.3 Å². The minimum Gasteiger partial charge on any atom is -0.351 e. The molecule has 108 valence electrons. The zero-order chi connectivity index (χ0) is 14.5. The molecule has 1 amide bonds. The van der Waals surface area contributed by atoms with E-state index in [-0.39, 0.29) is 5.91 Å². The summed E-state index contributed by atoms with van der Waals surface area (Å²) in [5, 5.41) is 3.93. The Morgan fingerprint density at radius 1 is 1.40 bits per heavy atom. The zero-order valence-corrected chi connectivity index (χ0v) is 12.9. The molecule has 2 rings (SSSR count). The lowest BCUT2D eigenvalue weighted by Gasteiger charge is -2.15. The fourth-order valence-corrected chi connectivity index (χ4v) is 2.46. The second-order valence-electron chi connectivity index (χ2n) is 4.97. The van der Waals surface area contributed by atoms with E-state index >= 15 is 0 Å². The van der Waals surface area contributed by atoms with Crippen molar-refractivity contribution < 1.29 is 4.79 Å². The molecule has 0 bridgehead atoms. The topological polar surface area (TPSA) is 32.3 Å². The third kappa shape index (κ3) is 4.51. The highest BCUT2D eigenvalue weighted by molar-refractivity contribution is 6.37. The van der Waals surface area contributed by atoms with Gasteiger partial charge in [-0.3, -0.25) is 4.79 Å². The van der Waals surface area contributed by atoms with Gasteiger partial charge in [0.05, 0.1) is 0 Å². The van der Waals surface area contributed by atoms with Gasteiger partial charge in [-0.1, -0.05) is 29.3 Å². The van der Waals surface area contributed by atoms with Crippen molar-refractivity contribution in [3.63, 3.8) is 0 Å². The second-order valence-corrected chi connectivity index (χ2v) is 5.79. The van der Waals surface area contributed by atoms with Crippen LogP contribution in [-0.4, -0.2) is 37.0 Å². The van der Waals surface area contributed by atoms with Gasteiger partial charge in [-0.2, -0.15) is 0 Å². The molecule has 5 heteroatoms. The monoisotopic (exact) mass is 312 g/mol. The number of likely N-dealkylation sites (N-methyl/N-ethyl adjacent to an activating group) is 1. The first kappa shape index (κ1) is 15.4. The zero-order valence-electron chi connectivity index (χ0n) is 11.4. The Morgan fingerprint density at radius 3 is 2.65 bits per heavy atom. The quantitative estimate of drug-likeness (QED) is 0.818. The lowest BCUT2D eigenvalue weighted by Crippen LogP contribution is -2.33. The van der Waals surface area contributed by atoms with Crippen molar-refractivity contribution in [2.24, 2.45) is 0 Å².